The van der Waals surface area contributed by atoms with Gasteiger partial charge in [0, 0.05) is 14.7 Å². The van der Waals surface area contributed by atoms with Gasteiger partial charge in [-0.2, -0.15) is 8.42 Å². The Morgan fingerprint density at radius 1 is 0.618 bits per heavy atom. The maximum atomic E-state index is 13.8. The minimum Gasteiger partial charge on any atom is -0.203 e. The molecule has 0 amide bonds. The largest absolute Gasteiger partial charge is 0.307 e. The third kappa shape index (κ3) is 5.12. The van der Waals surface area contributed by atoms with Crippen molar-refractivity contribution in [2.75, 3.05) is 0 Å². The molecule has 176 valence electrons. The van der Waals surface area contributed by atoms with Crippen LogP contribution in [0.2, 0.25) is 0 Å². The van der Waals surface area contributed by atoms with Crippen molar-refractivity contribution in [2.24, 2.45) is 0 Å². The summed E-state index contributed by atoms with van der Waals surface area (Å²) in [5, 5.41) is 0. The lowest BCUT2D eigenvalue weighted by atomic mass is 10.1. The Balaban J connectivity index is 1.88. The Hall–Kier alpha value is -2.86. The molecule has 0 saturated heterocycles. The smallest absolute Gasteiger partial charge is 0.203 e. The Morgan fingerprint density at radius 3 is 1.59 bits per heavy atom. The Kier molecular flexibility index (Phi) is 7.57. The van der Waals surface area contributed by atoms with Crippen LogP contribution in [0.3, 0.4) is 0 Å². The molecule has 4 aromatic carbocycles. The highest BCUT2D eigenvalue weighted by atomic mass is 32.3. The van der Waals surface area contributed by atoms with Gasteiger partial charge in [-0.25, -0.2) is 3.63 Å². The first-order valence-corrected chi connectivity index (χ1v) is 14.5. The molecule has 0 aromatic heterocycles. The lowest BCUT2D eigenvalue weighted by molar-refractivity contribution is 0.508. The van der Waals surface area contributed by atoms with Gasteiger partial charge in [-0.3, -0.25) is 0 Å². The first-order chi connectivity index (χ1) is 16.5. The molecule has 5 heteroatoms. The first-order valence-electron chi connectivity index (χ1n) is 11.5. The van der Waals surface area contributed by atoms with E-state index in [9.17, 15) is 8.42 Å². The fourth-order valence-electron chi connectivity index (χ4n) is 3.86. The summed E-state index contributed by atoms with van der Waals surface area (Å²) in [5.74, 6) is 0. The van der Waals surface area contributed by atoms with Gasteiger partial charge in [0.15, 0.2) is 0 Å². The van der Waals surface area contributed by atoms with Crippen molar-refractivity contribution in [3.05, 3.63) is 120 Å². The molecule has 0 N–H and O–H groups in total. The van der Waals surface area contributed by atoms with Crippen molar-refractivity contribution in [3.8, 4) is 0 Å². The third-order valence-electron chi connectivity index (χ3n) is 5.73. The van der Waals surface area contributed by atoms with Crippen molar-refractivity contribution in [1.82, 2.24) is 0 Å². The van der Waals surface area contributed by atoms with Crippen LogP contribution in [0.1, 0.15) is 30.9 Å². The fourth-order valence-corrected chi connectivity index (χ4v) is 9.08. The van der Waals surface area contributed by atoms with Gasteiger partial charge in [0.25, 0.3) is 0 Å². The van der Waals surface area contributed by atoms with E-state index in [0.717, 1.165) is 45.1 Å². The van der Waals surface area contributed by atoms with E-state index in [4.69, 9.17) is 3.63 Å². The summed E-state index contributed by atoms with van der Waals surface area (Å²) in [7, 11) is -6.64. The molecule has 0 spiro atoms. The first kappa shape index (κ1) is 24.3. The van der Waals surface area contributed by atoms with Crippen molar-refractivity contribution in [2.45, 2.75) is 52.7 Å². The van der Waals surface area contributed by atoms with Gasteiger partial charge in [-0.15, -0.1) is 0 Å². The maximum absolute atomic E-state index is 13.8. The minimum absolute atomic E-state index is 0.170. The predicted molar refractivity (Wildman–Crippen MR) is 140 cm³/mol. The summed E-state index contributed by atoms with van der Waals surface area (Å²) in [4.78, 5) is 2.66. The summed E-state index contributed by atoms with van der Waals surface area (Å²) in [6.07, 6.45) is 3.11. The summed E-state index contributed by atoms with van der Waals surface area (Å²) >= 11 is 0. The number of hydrogen-bond acceptors (Lipinski definition) is 3. The summed E-state index contributed by atoms with van der Waals surface area (Å²) in [6, 6.07) is 34.4. The van der Waals surface area contributed by atoms with Gasteiger partial charge >= 0.3 is 10.1 Å². The molecule has 0 bridgehead atoms. The molecule has 4 rings (SSSR count). The van der Waals surface area contributed by atoms with Crippen LogP contribution < -0.4 is 0 Å². The zero-order chi connectivity index (χ0) is 24.0. The van der Waals surface area contributed by atoms with Gasteiger partial charge in [-0.05, 0) is 84.2 Å². The highest BCUT2D eigenvalue weighted by Gasteiger charge is 2.38. The molecule has 0 atom stereocenters. The Bertz CT molecular complexity index is 1260. The average Bonchev–Trinajstić information content (AvgIpc) is 2.88. The van der Waals surface area contributed by atoms with Crippen LogP contribution in [0.5, 0.6) is 0 Å². The van der Waals surface area contributed by atoms with Crippen molar-refractivity contribution in [1.29, 1.82) is 0 Å². The van der Waals surface area contributed by atoms with Gasteiger partial charge in [0.2, 0.25) is 0 Å². The van der Waals surface area contributed by atoms with Crippen molar-refractivity contribution >= 4 is 20.4 Å². The third-order valence-corrected chi connectivity index (χ3v) is 10.9. The van der Waals surface area contributed by atoms with E-state index >= 15 is 0 Å². The average molecular weight is 491 g/mol. The number of unbranched alkanes of at least 4 members (excludes halogenated alkanes) is 1. The summed E-state index contributed by atoms with van der Waals surface area (Å²) < 4.78 is 33.9. The fraction of sp³-hybridized carbons (Fsp3) is 0.172. The molecule has 0 aliphatic carbocycles. The quantitative estimate of drug-likeness (QED) is 0.239. The van der Waals surface area contributed by atoms with Crippen molar-refractivity contribution < 1.29 is 12.0 Å². The number of benzene rings is 4. The van der Waals surface area contributed by atoms with Crippen LogP contribution in [0.15, 0.2) is 129 Å². The number of hydrogen-bond donors (Lipinski definition) is 0. The molecular formula is C29H30O3S2. The SMILES string of the molecule is CCCCc1ccc(S(=O)(=O)OS(c2ccccc2)(c2ccccc2)c2ccc(C)cc2)cc1. The standard InChI is InChI=1S/C29H30O3S2/c1-3-4-11-25-18-22-29(23-19-25)34(30,31)32-33(26-12-7-5-8-13-26,27-14-9-6-10-15-27)28-20-16-24(2)17-21-28/h5-10,12-23H,3-4,11H2,1-2H3. The van der Waals surface area contributed by atoms with E-state index in [0.29, 0.717) is 0 Å². The zero-order valence-electron chi connectivity index (χ0n) is 19.6. The second-order valence-electron chi connectivity index (χ2n) is 8.27. The second-order valence-corrected chi connectivity index (χ2v) is 12.7. The Morgan fingerprint density at radius 2 is 1.09 bits per heavy atom. The van der Waals surface area contributed by atoms with Gasteiger partial charge in [0.05, 0.1) is 4.90 Å². The molecule has 0 heterocycles. The maximum Gasteiger partial charge on any atom is 0.307 e. The molecule has 0 saturated carbocycles. The summed E-state index contributed by atoms with van der Waals surface area (Å²) in [5.41, 5.74) is 2.23. The lowest BCUT2D eigenvalue weighted by Crippen LogP contribution is -2.14. The topological polar surface area (TPSA) is 43.4 Å². The molecule has 0 unspecified atom stereocenters. The van der Waals surface area contributed by atoms with Gasteiger partial charge in [-0.1, -0.05) is 79.6 Å². The van der Waals surface area contributed by atoms with Crippen LogP contribution >= 0.6 is 10.3 Å². The monoisotopic (exact) mass is 490 g/mol. The van der Waals surface area contributed by atoms with E-state index < -0.39 is 20.4 Å². The zero-order valence-corrected chi connectivity index (χ0v) is 21.2. The molecule has 0 aliphatic heterocycles. The lowest BCUT2D eigenvalue weighted by Gasteiger charge is -2.39. The molecule has 4 aromatic rings. The molecule has 34 heavy (non-hydrogen) atoms. The van der Waals surface area contributed by atoms with Gasteiger partial charge in [0.1, 0.15) is 0 Å². The summed E-state index contributed by atoms with van der Waals surface area (Å²) in [6.45, 7) is 4.16. The number of aryl methyl sites for hydroxylation is 2. The molecular weight excluding hydrogens is 460 g/mol. The molecule has 0 fully saturated rings. The van der Waals surface area contributed by atoms with Crippen LogP contribution in [0.25, 0.3) is 0 Å². The second kappa shape index (κ2) is 10.6. The van der Waals surface area contributed by atoms with Crippen LogP contribution in [-0.4, -0.2) is 8.42 Å². The minimum atomic E-state index is -4.07. The van der Waals surface area contributed by atoms with E-state index in [-0.39, 0.29) is 4.90 Å². The normalized spacial score (nSPS) is 12.4. The molecule has 0 radical (unpaired) electrons. The number of rotatable bonds is 9. The van der Waals surface area contributed by atoms with Crippen LogP contribution in [0, 0.1) is 6.92 Å². The molecule has 0 aliphatic rings. The highest BCUT2D eigenvalue weighted by molar-refractivity contribution is 8.33. The molecule has 3 nitrogen and oxygen atoms in total. The van der Waals surface area contributed by atoms with Crippen molar-refractivity contribution in [3.63, 3.8) is 0 Å². The highest BCUT2D eigenvalue weighted by Crippen LogP contribution is 2.70. The van der Waals surface area contributed by atoms with E-state index in [1.807, 2.05) is 104 Å². The van der Waals surface area contributed by atoms with Crippen LogP contribution in [0.4, 0.5) is 0 Å². The van der Waals surface area contributed by atoms with E-state index in [2.05, 4.69) is 6.92 Å². The van der Waals surface area contributed by atoms with E-state index in [1.54, 1.807) is 12.1 Å². The van der Waals surface area contributed by atoms with E-state index in [1.165, 1.54) is 0 Å². The Labute approximate surface area is 205 Å². The predicted octanol–water partition coefficient (Wildman–Crippen LogP) is 7.94. The van der Waals surface area contributed by atoms with Gasteiger partial charge < -0.3 is 0 Å². The van der Waals surface area contributed by atoms with Crippen LogP contribution in [-0.2, 0) is 20.2 Å².